The van der Waals surface area contributed by atoms with Crippen molar-refractivity contribution in [3.63, 3.8) is 0 Å². The number of hydrogen-bond donors (Lipinski definition) is 0. The zero-order chi connectivity index (χ0) is 15.2. The van der Waals surface area contributed by atoms with Gasteiger partial charge >= 0.3 is 0 Å². The first-order valence-electron chi connectivity index (χ1n) is 7.94. The first-order chi connectivity index (χ1) is 10.8. The summed E-state index contributed by atoms with van der Waals surface area (Å²) in [5.74, 6) is 0.379. The molecule has 0 heterocycles. The molecule has 1 fully saturated rings. The first kappa shape index (κ1) is 14.6. The Morgan fingerprint density at radius 1 is 0.818 bits per heavy atom. The minimum Gasteiger partial charge on any atom is -0.294 e. The summed E-state index contributed by atoms with van der Waals surface area (Å²) in [6.07, 6.45) is 5.57. The zero-order valence-corrected chi connectivity index (χ0v) is 12.6. The maximum atomic E-state index is 12.7. The van der Waals surface area contributed by atoms with Crippen LogP contribution in [0.1, 0.15) is 42.5 Å². The first-order valence-corrected chi connectivity index (χ1v) is 7.94. The molecule has 0 atom stereocenters. The highest BCUT2D eigenvalue weighted by Gasteiger charge is 2.24. The summed E-state index contributed by atoms with van der Waals surface area (Å²) >= 11 is 0. The lowest BCUT2D eigenvalue weighted by atomic mass is 9.83. The van der Waals surface area contributed by atoms with Crippen LogP contribution in [0.5, 0.6) is 0 Å². The molecular formula is C19H20N2O. The summed E-state index contributed by atoms with van der Waals surface area (Å²) < 4.78 is 0. The van der Waals surface area contributed by atoms with E-state index in [1.165, 1.54) is 6.42 Å². The van der Waals surface area contributed by atoms with Crippen LogP contribution >= 0.6 is 0 Å². The minimum atomic E-state index is 0.154. The second-order valence-corrected chi connectivity index (χ2v) is 5.75. The molecule has 3 rings (SSSR count). The molecule has 0 bridgehead atoms. The second-order valence-electron chi connectivity index (χ2n) is 5.75. The van der Waals surface area contributed by atoms with Crippen molar-refractivity contribution in [2.45, 2.75) is 32.1 Å². The Balaban J connectivity index is 1.83. The van der Waals surface area contributed by atoms with E-state index in [0.29, 0.717) is 11.3 Å². The van der Waals surface area contributed by atoms with Crippen molar-refractivity contribution in [3.8, 4) is 0 Å². The van der Waals surface area contributed by atoms with Crippen molar-refractivity contribution >= 4 is 17.2 Å². The fourth-order valence-electron chi connectivity index (χ4n) is 2.96. The average molecular weight is 292 g/mol. The Bertz CT molecular complexity index is 658. The van der Waals surface area contributed by atoms with Crippen LogP contribution in [0.15, 0.2) is 64.8 Å². The fraction of sp³-hybridized carbons (Fsp3) is 0.316. The van der Waals surface area contributed by atoms with Gasteiger partial charge in [0.1, 0.15) is 0 Å². The van der Waals surface area contributed by atoms with Crippen molar-refractivity contribution in [3.05, 3.63) is 60.2 Å². The van der Waals surface area contributed by atoms with Crippen LogP contribution < -0.4 is 0 Å². The Morgan fingerprint density at radius 3 is 2.27 bits per heavy atom. The normalized spacial score (nSPS) is 16.0. The molecule has 0 aromatic heterocycles. The van der Waals surface area contributed by atoms with E-state index in [4.69, 9.17) is 0 Å². The molecular weight excluding hydrogens is 272 g/mol. The van der Waals surface area contributed by atoms with Crippen molar-refractivity contribution in [1.29, 1.82) is 0 Å². The molecule has 1 aliphatic carbocycles. The standard InChI is InChI=1S/C19H20N2O/c22-19(15-9-3-1-4-10-15)17-13-7-8-14-18(17)21-20-16-11-5-2-6-12-16/h2,5-8,11-15H,1,3-4,9-10H2/b21-20+. The van der Waals surface area contributed by atoms with E-state index in [2.05, 4.69) is 10.2 Å². The SMILES string of the molecule is O=C(c1ccccc1/N=N/c1ccccc1)C1CCCCC1. The summed E-state index contributed by atoms with van der Waals surface area (Å²) in [6, 6.07) is 17.1. The van der Waals surface area contributed by atoms with Crippen LogP contribution in [0.2, 0.25) is 0 Å². The van der Waals surface area contributed by atoms with E-state index >= 15 is 0 Å². The molecule has 3 nitrogen and oxygen atoms in total. The van der Waals surface area contributed by atoms with Crippen LogP contribution in [0.3, 0.4) is 0 Å². The summed E-state index contributed by atoms with van der Waals surface area (Å²) in [6.45, 7) is 0. The lowest BCUT2D eigenvalue weighted by molar-refractivity contribution is 0.0890. The summed E-state index contributed by atoms with van der Waals surface area (Å²) in [7, 11) is 0. The number of carbonyl (C=O) groups excluding carboxylic acids is 1. The van der Waals surface area contributed by atoms with Crippen LogP contribution in [0, 0.1) is 5.92 Å². The smallest absolute Gasteiger partial charge is 0.168 e. The number of rotatable bonds is 4. The predicted molar refractivity (Wildman–Crippen MR) is 88.0 cm³/mol. The van der Waals surface area contributed by atoms with Gasteiger partial charge in [-0.15, -0.1) is 5.11 Å². The lowest BCUT2D eigenvalue weighted by Crippen LogP contribution is -2.17. The lowest BCUT2D eigenvalue weighted by Gasteiger charge is -2.20. The van der Waals surface area contributed by atoms with E-state index in [0.717, 1.165) is 31.4 Å². The van der Waals surface area contributed by atoms with E-state index in [1.54, 1.807) is 0 Å². The Labute approximate surface area is 131 Å². The van der Waals surface area contributed by atoms with Gasteiger partial charge in [-0.05, 0) is 37.1 Å². The molecule has 0 aliphatic heterocycles. The molecule has 3 heteroatoms. The predicted octanol–water partition coefficient (Wildman–Crippen LogP) is 5.87. The highest BCUT2D eigenvalue weighted by Crippen LogP contribution is 2.31. The molecule has 0 radical (unpaired) electrons. The molecule has 0 spiro atoms. The van der Waals surface area contributed by atoms with Gasteiger partial charge in [0.2, 0.25) is 0 Å². The highest BCUT2D eigenvalue weighted by molar-refractivity contribution is 6.02. The number of nitrogens with zero attached hydrogens (tertiary/aromatic N) is 2. The van der Waals surface area contributed by atoms with Crippen LogP contribution in [-0.4, -0.2) is 5.78 Å². The molecule has 1 saturated carbocycles. The average Bonchev–Trinajstić information content (AvgIpc) is 2.61. The van der Waals surface area contributed by atoms with E-state index in [9.17, 15) is 4.79 Å². The minimum absolute atomic E-state index is 0.154. The monoisotopic (exact) mass is 292 g/mol. The Kier molecular flexibility index (Phi) is 4.74. The van der Waals surface area contributed by atoms with Gasteiger partial charge in [-0.3, -0.25) is 4.79 Å². The second kappa shape index (κ2) is 7.12. The third-order valence-corrected chi connectivity index (χ3v) is 4.17. The maximum Gasteiger partial charge on any atom is 0.168 e. The van der Waals surface area contributed by atoms with Gasteiger partial charge in [-0.25, -0.2) is 0 Å². The van der Waals surface area contributed by atoms with Gasteiger partial charge in [-0.1, -0.05) is 49.6 Å². The number of benzene rings is 2. The largest absolute Gasteiger partial charge is 0.294 e. The Hall–Kier alpha value is -2.29. The van der Waals surface area contributed by atoms with Crippen molar-refractivity contribution < 1.29 is 4.79 Å². The van der Waals surface area contributed by atoms with Gasteiger partial charge < -0.3 is 0 Å². The van der Waals surface area contributed by atoms with E-state index in [1.807, 2.05) is 54.6 Å². The quantitative estimate of drug-likeness (QED) is 0.513. The fourth-order valence-corrected chi connectivity index (χ4v) is 2.96. The topological polar surface area (TPSA) is 41.8 Å². The molecule has 22 heavy (non-hydrogen) atoms. The Morgan fingerprint density at radius 2 is 1.50 bits per heavy atom. The van der Waals surface area contributed by atoms with Crippen LogP contribution in [0.25, 0.3) is 0 Å². The molecule has 0 saturated heterocycles. The third kappa shape index (κ3) is 3.48. The van der Waals surface area contributed by atoms with Crippen LogP contribution in [0.4, 0.5) is 11.4 Å². The molecule has 112 valence electrons. The molecule has 0 N–H and O–H groups in total. The zero-order valence-electron chi connectivity index (χ0n) is 12.6. The van der Waals surface area contributed by atoms with Crippen molar-refractivity contribution in [1.82, 2.24) is 0 Å². The summed E-state index contributed by atoms with van der Waals surface area (Å²) in [5, 5.41) is 8.53. The summed E-state index contributed by atoms with van der Waals surface area (Å²) in [4.78, 5) is 12.7. The van der Waals surface area contributed by atoms with Crippen molar-refractivity contribution in [2.75, 3.05) is 0 Å². The number of ketones is 1. The third-order valence-electron chi connectivity index (χ3n) is 4.17. The van der Waals surface area contributed by atoms with Crippen LogP contribution in [-0.2, 0) is 0 Å². The summed E-state index contributed by atoms with van der Waals surface area (Å²) in [5.41, 5.74) is 2.17. The van der Waals surface area contributed by atoms with Gasteiger partial charge in [0.15, 0.2) is 5.78 Å². The number of carbonyl (C=O) groups is 1. The molecule has 2 aromatic carbocycles. The maximum absolute atomic E-state index is 12.7. The number of Topliss-reactive ketones (excluding diaryl/α,β-unsaturated/α-hetero) is 1. The van der Waals surface area contributed by atoms with Gasteiger partial charge in [0, 0.05) is 11.5 Å². The molecule has 2 aromatic rings. The highest BCUT2D eigenvalue weighted by atomic mass is 16.1. The number of azo groups is 1. The van der Waals surface area contributed by atoms with Gasteiger partial charge in [-0.2, -0.15) is 5.11 Å². The molecule has 0 amide bonds. The molecule has 1 aliphatic rings. The van der Waals surface area contributed by atoms with Gasteiger partial charge in [0.05, 0.1) is 11.4 Å². The van der Waals surface area contributed by atoms with E-state index in [-0.39, 0.29) is 11.7 Å². The molecule has 0 unspecified atom stereocenters. The van der Waals surface area contributed by atoms with Gasteiger partial charge in [0.25, 0.3) is 0 Å². The van der Waals surface area contributed by atoms with Crippen molar-refractivity contribution in [2.24, 2.45) is 16.1 Å². The number of hydrogen-bond acceptors (Lipinski definition) is 3. The van der Waals surface area contributed by atoms with E-state index < -0.39 is 0 Å².